The van der Waals surface area contributed by atoms with Crippen molar-refractivity contribution in [1.82, 2.24) is 0 Å². The summed E-state index contributed by atoms with van der Waals surface area (Å²) in [6.07, 6.45) is 0. The molecule has 0 amide bonds. The van der Waals surface area contributed by atoms with Gasteiger partial charge in [-0.25, -0.2) is 0 Å². The van der Waals surface area contributed by atoms with Gasteiger partial charge in [-0.05, 0) is 25.1 Å². The standard InChI is InChI=1S/C10H8Br2O/c1-6-2-7-3-9(12)4-8(5-11)10(7)13-6/h2-4H,5H2,1H3. The van der Waals surface area contributed by atoms with Gasteiger partial charge in [0.1, 0.15) is 11.3 Å². The van der Waals surface area contributed by atoms with Crippen LogP contribution in [0, 0.1) is 6.92 Å². The molecular weight excluding hydrogens is 296 g/mol. The molecule has 0 bridgehead atoms. The Morgan fingerprint density at radius 3 is 2.77 bits per heavy atom. The number of alkyl halides is 1. The number of aryl methyl sites for hydroxylation is 1. The van der Waals surface area contributed by atoms with Crippen LogP contribution in [0.25, 0.3) is 11.0 Å². The van der Waals surface area contributed by atoms with E-state index in [1.54, 1.807) is 0 Å². The van der Waals surface area contributed by atoms with Crippen LogP contribution in [0.2, 0.25) is 0 Å². The molecule has 0 aliphatic rings. The van der Waals surface area contributed by atoms with E-state index in [9.17, 15) is 0 Å². The number of hydrogen-bond acceptors (Lipinski definition) is 1. The Morgan fingerprint density at radius 1 is 1.31 bits per heavy atom. The van der Waals surface area contributed by atoms with E-state index in [0.29, 0.717) is 0 Å². The molecule has 0 radical (unpaired) electrons. The number of benzene rings is 1. The lowest BCUT2D eigenvalue weighted by molar-refractivity contribution is 0.576. The number of furan rings is 1. The summed E-state index contributed by atoms with van der Waals surface area (Å²) in [5.74, 6) is 0.954. The molecule has 0 spiro atoms. The average molecular weight is 304 g/mol. The van der Waals surface area contributed by atoms with Gasteiger partial charge in [0.05, 0.1) is 0 Å². The van der Waals surface area contributed by atoms with Crippen LogP contribution in [-0.4, -0.2) is 0 Å². The first-order valence-corrected chi connectivity index (χ1v) is 5.86. The molecule has 1 aromatic heterocycles. The van der Waals surface area contributed by atoms with Gasteiger partial charge in [0.2, 0.25) is 0 Å². The van der Waals surface area contributed by atoms with Crippen LogP contribution in [0.1, 0.15) is 11.3 Å². The first-order valence-electron chi connectivity index (χ1n) is 3.95. The predicted molar refractivity (Wildman–Crippen MR) is 61.3 cm³/mol. The van der Waals surface area contributed by atoms with Gasteiger partial charge in [-0.15, -0.1) is 0 Å². The van der Waals surface area contributed by atoms with Crippen LogP contribution >= 0.6 is 31.9 Å². The van der Waals surface area contributed by atoms with Gasteiger partial charge in [0.25, 0.3) is 0 Å². The van der Waals surface area contributed by atoms with Crippen molar-refractivity contribution < 1.29 is 4.42 Å². The Hall–Kier alpha value is -0.280. The fourth-order valence-electron chi connectivity index (χ4n) is 1.41. The van der Waals surface area contributed by atoms with Crippen molar-refractivity contribution in [1.29, 1.82) is 0 Å². The van der Waals surface area contributed by atoms with Crippen LogP contribution in [0.4, 0.5) is 0 Å². The lowest BCUT2D eigenvalue weighted by Gasteiger charge is -1.98. The maximum atomic E-state index is 5.59. The summed E-state index contributed by atoms with van der Waals surface area (Å²) in [5.41, 5.74) is 2.16. The van der Waals surface area contributed by atoms with E-state index >= 15 is 0 Å². The van der Waals surface area contributed by atoms with Gasteiger partial charge in [-0.3, -0.25) is 0 Å². The van der Waals surface area contributed by atoms with Gasteiger partial charge in [0, 0.05) is 20.8 Å². The highest BCUT2D eigenvalue weighted by atomic mass is 79.9. The molecule has 0 saturated carbocycles. The molecule has 0 fully saturated rings. The maximum absolute atomic E-state index is 5.59. The fourth-order valence-corrected chi connectivity index (χ4v) is 2.35. The summed E-state index contributed by atoms with van der Waals surface area (Å²) in [4.78, 5) is 0. The summed E-state index contributed by atoms with van der Waals surface area (Å²) >= 11 is 6.91. The number of hydrogen-bond donors (Lipinski definition) is 0. The van der Waals surface area contributed by atoms with Gasteiger partial charge >= 0.3 is 0 Å². The molecule has 0 aliphatic heterocycles. The molecule has 13 heavy (non-hydrogen) atoms. The minimum Gasteiger partial charge on any atom is -0.461 e. The second-order valence-corrected chi connectivity index (χ2v) is 4.45. The molecule has 0 atom stereocenters. The van der Waals surface area contributed by atoms with E-state index in [1.807, 2.05) is 13.0 Å². The molecule has 1 nitrogen and oxygen atoms in total. The zero-order chi connectivity index (χ0) is 9.42. The fraction of sp³-hybridized carbons (Fsp3) is 0.200. The lowest BCUT2D eigenvalue weighted by Crippen LogP contribution is -1.78. The molecule has 0 N–H and O–H groups in total. The van der Waals surface area contributed by atoms with Crippen molar-refractivity contribution in [2.75, 3.05) is 0 Å². The third-order valence-electron chi connectivity index (χ3n) is 1.93. The Balaban J connectivity index is 2.80. The van der Waals surface area contributed by atoms with E-state index in [-0.39, 0.29) is 0 Å². The number of rotatable bonds is 1. The van der Waals surface area contributed by atoms with Crippen LogP contribution in [0.5, 0.6) is 0 Å². The highest BCUT2D eigenvalue weighted by Crippen LogP contribution is 2.28. The van der Waals surface area contributed by atoms with Crippen molar-refractivity contribution in [2.45, 2.75) is 12.3 Å². The SMILES string of the molecule is Cc1cc2cc(Br)cc(CBr)c2o1. The monoisotopic (exact) mass is 302 g/mol. The molecule has 0 aliphatic carbocycles. The van der Waals surface area contributed by atoms with Crippen molar-refractivity contribution in [3.63, 3.8) is 0 Å². The molecule has 0 unspecified atom stereocenters. The number of fused-ring (bicyclic) bond motifs is 1. The largest absolute Gasteiger partial charge is 0.461 e. The maximum Gasteiger partial charge on any atom is 0.138 e. The highest BCUT2D eigenvalue weighted by Gasteiger charge is 2.06. The molecule has 1 heterocycles. The van der Waals surface area contributed by atoms with Crippen LogP contribution in [0.15, 0.2) is 27.1 Å². The second kappa shape index (κ2) is 3.46. The van der Waals surface area contributed by atoms with Crippen LogP contribution in [0.3, 0.4) is 0 Å². The molecule has 0 saturated heterocycles. The Labute approximate surface area is 93.4 Å². The average Bonchev–Trinajstić information content (AvgIpc) is 2.43. The quantitative estimate of drug-likeness (QED) is 0.712. The third-order valence-corrected chi connectivity index (χ3v) is 2.99. The normalized spacial score (nSPS) is 11.0. The lowest BCUT2D eigenvalue weighted by atomic mass is 10.2. The smallest absolute Gasteiger partial charge is 0.138 e. The first-order chi connectivity index (χ1) is 6.20. The second-order valence-electron chi connectivity index (χ2n) is 2.97. The minimum absolute atomic E-state index is 0.815. The Morgan fingerprint density at radius 2 is 2.08 bits per heavy atom. The van der Waals surface area contributed by atoms with Crippen LogP contribution in [-0.2, 0) is 5.33 Å². The third kappa shape index (κ3) is 1.67. The van der Waals surface area contributed by atoms with Gasteiger partial charge in [-0.1, -0.05) is 31.9 Å². The van der Waals surface area contributed by atoms with E-state index in [0.717, 1.165) is 26.5 Å². The summed E-state index contributed by atoms with van der Waals surface area (Å²) < 4.78 is 6.69. The summed E-state index contributed by atoms with van der Waals surface area (Å²) in [5, 5.41) is 1.97. The van der Waals surface area contributed by atoms with E-state index < -0.39 is 0 Å². The van der Waals surface area contributed by atoms with Gasteiger partial charge < -0.3 is 4.42 Å². The molecule has 2 aromatic rings. The Bertz CT molecular complexity index is 445. The summed E-state index contributed by atoms with van der Waals surface area (Å²) in [7, 11) is 0. The molecule has 3 heteroatoms. The minimum atomic E-state index is 0.815. The highest BCUT2D eigenvalue weighted by molar-refractivity contribution is 9.10. The van der Waals surface area contributed by atoms with Gasteiger partial charge in [-0.2, -0.15) is 0 Å². The summed E-state index contributed by atoms with van der Waals surface area (Å²) in [6, 6.07) is 6.18. The van der Waals surface area contributed by atoms with Crippen LogP contribution < -0.4 is 0 Å². The molecule has 1 aromatic carbocycles. The zero-order valence-corrected chi connectivity index (χ0v) is 10.3. The topological polar surface area (TPSA) is 13.1 Å². The van der Waals surface area contributed by atoms with Crippen molar-refractivity contribution in [2.24, 2.45) is 0 Å². The Kier molecular flexibility index (Phi) is 2.47. The zero-order valence-electron chi connectivity index (χ0n) is 7.10. The number of halogens is 2. The first kappa shape index (κ1) is 9.28. The van der Waals surface area contributed by atoms with Gasteiger partial charge in [0.15, 0.2) is 0 Å². The van der Waals surface area contributed by atoms with E-state index in [1.165, 1.54) is 5.56 Å². The van der Waals surface area contributed by atoms with Crippen molar-refractivity contribution in [3.05, 3.63) is 34.0 Å². The predicted octanol–water partition coefficient (Wildman–Crippen LogP) is 4.40. The van der Waals surface area contributed by atoms with Crippen molar-refractivity contribution in [3.8, 4) is 0 Å². The van der Waals surface area contributed by atoms with E-state index in [4.69, 9.17) is 4.42 Å². The molecular formula is C10H8Br2O. The molecule has 2 rings (SSSR count). The summed E-state index contributed by atoms with van der Waals surface area (Å²) in [6.45, 7) is 1.96. The van der Waals surface area contributed by atoms with E-state index in [2.05, 4.69) is 44.0 Å². The molecule has 68 valence electrons. The van der Waals surface area contributed by atoms with Crippen molar-refractivity contribution >= 4 is 42.8 Å².